The second-order valence-electron chi connectivity index (χ2n) is 4.98. The molecule has 1 fully saturated rings. The molecule has 4 heteroatoms. The maximum atomic E-state index is 11.0. The van der Waals surface area contributed by atoms with Gasteiger partial charge >= 0.3 is 0 Å². The molecule has 2 heterocycles. The van der Waals surface area contributed by atoms with Gasteiger partial charge in [-0.05, 0) is 24.5 Å². The smallest absolute Gasteiger partial charge is 0.168 e. The number of nitrogens with zero attached hydrogens (tertiary/aromatic N) is 2. The fourth-order valence-corrected chi connectivity index (χ4v) is 2.79. The van der Waals surface area contributed by atoms with Gasteiger partial charge in [-0.25, -0.2) is 9.97 Å². The maximum absolute atomic E-state index is 11.0. The summed E-state index contributed by atoms with van der Waals surface area (Å²) in [6.45, 7) is 1.37. The van der Waals surface area contributed by atoms with Crippen LogP contribution in [0.1, 0.15) is 34.7 Å². The third-order valence-electron chi connectivity index (χ3n) is 3.90. The van der Waals surface area contributed by atoms with Gasteiger partial charge in [0, 0.05) is 19.4 Å². The van der Waals surface area contributed by atoms with Gasteiger partial charge in [-0.2, -0.15) is 0 Å². The first-order valence-corrected chi connectivity index (χ1v) is 6.77. The van der Waals surface area contributed by atoms with E-state index in [9.17, 15) is 4.79 Å². The van der Waals surface area contributed by atoms with E-state index >= 15 is 0 Å². The summed E-state index contributed by atoms with van der Waals surface area (Å²) in [6, 6.07) is 11.9. The van der Waals surface area contributed by atoms with Gasteiger partial charge in [-0.3, -0.25) is 4.79 Å². The lowest BCUT2D eigenvalue weighted by Crippen LogP contribution is -2.37. The molecule has 0 spiro atoms. The van der Waals surface area contributed by atoms with E-state index in [1.54, 1.807) is 12.3 Å². The van der Waals surface area contributed by atoms with Crippen molar-refractivity contribution in [3.05, 3.63) is 59.7 Å². The minimum Gasteiger partial charge on any atom is -0.381 e. The number of hydrogen-bond acceptors (Lipinski definition) is 4. The lowest BCUT2D eigenvalue weighted by molar-refractivity contribution is 0.0604. The predicted molar refractivity (Wildman–Crippen MR) is 74.7 cm³/mol. The third kappa shape index (κ3) is 2.23. The van der Waals surface area contributed by atoms with E-state index in [-0.39, 0.29) is 5.41 Å². The van der Waals surface area contributed by atoms with Crippen molar-refractivity contribution >= 4 is 6.29 Å². The number of hydrogen-bond donors (Lipinski definition) is 0. The molecule has 1 aliphatic heterocycles. The zero-order chi connectivity index (χ0) is 13.8. The highest BCUT2D eigenvalue weighted by Gasteiger charge is 2.38. The Balaban J connectivity index is 2.12. The van der Waals surface area contributed by atoms with Crippen LogP contribution in [0.4, 0.5) is 0 Å². The lowest BCUT2D eigenvalue weighted by Gasteiger charge is -2.36. The quantitative estimate of drug-likeness (QED) is 0.802. The Bertz CT molecular complexity index is 592. The molecule has 0 atom stereocenters. The molecular formula is C16H16N2O2. The van der Waals surface area contributed by atoms with E-state index in [0.29, 0.717) is 18.9 Å². The van der Waals surface area contributed by atoms with Crippen LogP contribution in [0.2, 0.25) is 0 Å². The van der Waals surface area contributed by atoms with Crippen molar-refractivity contribution in [1.82, 2.24) is 9.97 Å². The maximum Gasteiger partial charge on any atom is 0.168 e. The summed E-state index contributed by atoms with van der Waals surface area (Å²) >= 11 is 0. The van der Waals surface area contributed by atoms with Gasteiger partial charge in [0.15, 0.2) is 6.29 Å². The Morgan fingerprint density at radius 2 is 1.85 bits per heavy atom. The summed E-state index contributed by atoms with van der Waals surface area (Å²) in [6.07, 6.45) is 4.09. The molecule has 0 radical (unpaired) electrons. The first-order chi connectivity index (χ1) is 9.85. The molecule has 0 saturated carbocycles. The molecule has 1 aromatic heterocycles. The van der Waals surface area contributed by atoms with E-state index in [1.165, 1.54) is 5.56 Å². The minimum atomic E-state index is -0.251. The number of rotatable bonds is 3. The standard InChI is InChI=1S/C16H16N2O2/c19-12-14-6-9-17-15(18-14)16(7-10-20-11-8-16)13-4-2-1-3-5-13/h1-6,9,12H,7-8,10-11H2. The summed E-state index contributed by atoms with van der Waals surface area (Å²) in [5.74, 6) is 0.719. The van der Waals surface area contributed by atoms with Crippen molar-refractivity contribution in [3.63, 3.8) is 0 Å². The van der Waals surface area contributed by atoms with Crippen molar-refractivity contribution in [2.45, 2.75) is 18.3 Å². The first kappa shape index (κ1) is 12.9. The van der Waals surface area contributed by atoms with E-state index in [1.807, 2.05) is 18.2 Å². The number of aromatic nitrogens is 2. The number of carbonyl (C=O) groups excluding carboxylic acids is 1. The van der Waals surface area contributed by atoms with Crippen LogP contribution in [0, 0.1) is 0 Å². The Morgan fingerprint density at radius 1 is 1.10 bits per heavy atom. The summed E-state index contributed by atoms with van der Waals surface area (Å²) in [5.41, 5.74) is 1.36. The fraction of sp³-hybridized carbons (Fsp3) is 0.312. The lowest BCUT2D eigenvalue weighted by atomic mass is 9.73. The molecule has 2 aromatic rings. The van der Waals surface area contributed by atoms with Crippen LogP contribution in [-0.2, 0) is 10.2 Å². The zero-order valence-corrected chi connectivity index (χ0v) is 11.2. The van der Waals surface area contributed by atoms with Crippen molar-refractivity contribution in [3.8, 4) is 0 Å². The minimum absolute atomic E-state index is 0.251. The Kier molecular flexibility index (Phi) is 3.56. The molecule has 0 amide bonds. The molecule has 0 N–H and O–H groups in total. The summed E-state index contributed by atoms with van der Waals surface area (Å²) in [5, 5.41) is 0. The highest BCUT2D eigenvalue weighted by atomic mass is 16.5. The van der Waals surface area contributed by atoms with Gasteiger partial charge in [0.1, 0.15) is 11.5 Å². The van der Waals surface area contributed by atoms with Crippen molar-refractivity contribution in [2.24, 2.45) is 0 Å². The largest absolute Gasteiger partial charge is 0.381 e. The average molecular weight is 268 g/mol. The van der Waals surface area contributed by atoms with E-state index in [4.69, 9.17) is 4.74 Å². The highest BCUT2D eigenvalue weighted by molar-refractivity contribution is 5.71. The Morgan fingerprint density at radius 3 is 2.55 bits per heavy atom. The molecule has 102 valence electrons. The molecule has 20 heavy (non-hydrogen) atoms. The predicted octanol–water partition coefficient (Wildman–Crippen LogP) is 2.39. The van der Waals surface area contributed by atoms with Crippen LogP contribution in [0.3, 0.4) is 0 Å². The first-order valence-electron chi connectivity index (χ1n) is 6.77. The zero-order valence-electron chi connectivity index (χ0n) is 11.2. The van der Waals surface area contributed by atoms with Crippen LogP contribution in [0.25, 0.3) is 0 Å². The monoisotopic (exact) mass is 268 g/mol. The summed E-state index contributed by atoms with van der Waals surface area (Å²) in [7, 11) is 0. The number of benzene rings is 1. The molecule has 0 aliphatic carbocycles. The van der Waals surface area contributed by atoms with Crippen LogP contribution < -0.4 is 0 Å². The second kappa shape index (κ2) is 5.51. The molecule has 0 bridgehead atoms. The molecular weight excluding hydrogens is 252 g/mol. The molecule has 3 rings (SSSR count). The molecule has 1 saturated heterocycles. The third-order valence-corrected chi connectivity index (χ3v) is 3.90. The van der Waals surface area contributed by atoms with Crippen molar-refractivity contribution in [2.75, 3.05) is 13.2 Å². The SMILES string of the molecule is O=Cc1ccnc(C2(c3ccccc3)CCOCC2)n1. The van der Waals surface area contributed by atoms with E-state index in [0.717, 1.165) is 25.0 Å². The van der Waals surface area contributed by atoms with Crippen LogP contribution >= 0.6 is 0 Å². The molecule has 1 aromatic carbocycles. The summed E-state index contributed by atoms with van der Waals surface area (Å²) < 4.78 is 5.50. The topological polar surface area (TPSA) is 52.1 Å². The number of carbonyl (C=O) groups is 1. The van der Waals surface area contributed by atoms with Gasteiger partial charge in [-0.15, -0.1) is 0 Å². The highest BCUT2D eigenvalue weighted by Crippen LogP contribution is 2.39. The van der Waals surface area contributed by atoms with Crippen LogP contribution in [0.15, 0.2) is 42.6 Å². The second-order valence-corrected chi connectivity index (χ2v) is 4.98. The van der Waals surface area contributed by atoms with Gasteiger partial charge < -0.3 is 4.74 Å². The van der Waals surface area contributed by atoms with Crippen molar-refractivity contribution < 1.29 is 9.53 Å². The Hall–Kier alpha value is -2.07. The summed E-state index contributed by atoms with van der Waals surface area (Å²) in [4.78, 5) is 19.8. The molecule has 0 unspecified atom stereocenters. The van der Waals surface area contributed by atoms with Crippen molar-refractivity contribution in [1.29, 1.82) is 0 Å². The van der Waals surface area contributed by atoms with Gasteiger partial charge in [0.05, 0.1) is 5.41 Å². The molecule has 1 aliphatic rings. The average Bonchev–Trinajstić information content (AvgIpc) is 2.56. The van der Waals surface area contributed by atoms with Gasteiger partial charge in [0.2, 0.25) is 0 Å². The normalized spacial score (nSPS) is 17.6. The van der Waals surface area contributed by atoms with E-state index < -0.39 is 0 Å². The molecule has 4 nitrogen and oxygen atoms in total. The van der Waals surface area contributed by atoms with Crippen LogP contribution in [0.5, 0.6) is 0 Å². The number of aldehydes is 1. The van der Waals surface area contributed by atoms with Crippen LogP contribution in [-0.4, -0.2) is 29.5 Å². The van der Waals surface area contributed by atoms with Gasteiger partial charge in [-0.1, -0.05) is 30.3 Å². The fourth-order valence-electron chi connectivity index (χ4n) is 2.79. The number of ether oxygens (including phenoxy) is 1. The van der Waals surface area contributed by atoms with E-state index in [2.05, 4.69) is 22.1 Å². The Labute approximate surface area is 117 Å². The van der Waals surface area contributed by atoms with Gasteiger partial charge in [0.25, 0.3) is 0 Å².